The molecule has 114 valence electrons. The van der Waals surface area contributed by atoms with Crippen molar-refractivity contribution in [3.63, 3.8) is 0 Å². The number of carbonyl (C=O) groups is 2. The number of benzene rings is 1. The summed E-state index contributed by atoms with van der Waals surface area (Å²) >= 11 is 5.71. The minimum Gasteiger partial charge on any atom is -0.455 e. The number of halogens is 1. The van der Waals surface area contributed by atoms with Gasteiger partial charge in [-0.2, -0.15) is 0 Å². The molecule has 0 aliphatic heterocycles. The third-order valence-corrected chi connectivity index (χ3v) is 2.99. The average Bonchev–Trinajstić information content (AvgIpc) is 2.53. The molecule has 0 bridgehead atoms. The number of hydrogen-bond acceptors (Lipinski definition) is 5. The van der Waals surface area contributed by atoms with Crippen LogP contribution in [-0.2, 0) is 22.0 Å². The van der Waals surface area contributed by atoms with E-state index in [1.165, 1.54) is 19.1 Å². The van der Waals surface area contributed by atoms with Crippen molar-refractivity contribution in [2.75, 3.05) is 0 Å². The molecule has 22 heavy (non-hydrogen) atoms. The molecule has 2 rings (SSSR count). The lowest BCUT2D eigenvalue weighted by Crippen LogP contribution is -2.11. The maximum Gasteiger partial charge on any atom is 0.342 e. The van der Waals surface area contributed by atoms with Gasteiger partial charge in [0.1, 0.15) is 17.9 Å². The molecule has 0 unspecified atom stereocenters. The van der Waals surface area contributed by atoms with Crippen molar-refractivity contribution in [3.8, 4) is 5.75 Å². The quantitative estimate of drug-likeness (QED) is 0.481. The SMILES string of the molecule is CC(=O)Oc1ccccc1C(=O)OCc1cccc(CCl)n1. The zero-order chi connectivity index (χ0) is 15.9. The van der Waals surface area contributed by atoms with Gasteiger partial charge in [-0.05, 0) is 24.3 Å². The van der Waals surface area contributed by atoms with E-state index in [4.69, 9.17) is 21.1 Å². The number of hydrogen-bond donors (Lipinski definition) is 0. The van der Waals surface area contributed by atoms with Crippen molar-refractivity contribution in [2.24, 2.45) is 0 Å². The van der Waals surface area contributed by atoms with E-state index in [2.05, 4.69) is 4.98 Å². The van der Waals surface area contributed by atoms with Crippen molar-refractivity contribution in [2.45, 2.75) is 19.4 Å². The topological polar surface area (TPSA) is 65.5 Å². The Morgan fingerprint density at radius 3 is 2.55 bits per heavy atom. The fraction of sp³-hybridized carbons (Fsp3) is 0.188. The van der Waals surface area contributed by atoms with E-state index in [0.29, 0.717) is 11.4 Å². The molecule has 0 amide bonds. The Bertz CT molecular complexity index is 687. The van der Waals surface area contributed by atoms with Crippen LogP contribution < -0.4 is 4.74 Å². The van der Waals surface area contributed by atoms with Crippen molar-refractivity contribution >= 4 is 23.5 Å². The lowest BCUT2D eigenvalue weighted by Gasteiger charge is -2.09. The predicted octanol–water partition coefficient (Wildman–Crippen LogP) is 3.10. The Hall–Kier alpha value is -2.40. The molecule has 0 radical (unpaired) electrons. The summed E-state index contributed by atoms with van der Waals surface area (Å²) in [6.45, 7) is 1.28. The van der Waals surface area contributed by atoms with Gasteiger partial charge >= 0.3 is 11.9 Å². The number of aromatic nitrogens is 1. The number of pyridine rings is 1. The molecule has 0 spiro atoms. The van der Waals surface area contributed by atoms with Crippen molar-refractivity contribution in [1.82, 2.24) is 4.98 Å². The normalized spacial score (nSPS) is 10.1. The first-order chi connectivity index (χ1) is 10.6. The highest BCUT2D eigenvalue weighted by atomic mass is 35.5. The summed E-state index contributed by atoms with van der Waals surface area (Å²) in [5.41, 5.74) is 1.48. The van der Waals surface area contributed by atoms with Crippen LogP contribution in [0.4, 0.5) is 0 Å². The standard InChI is InChI=1S/C16H14ClNO4/c1-11(19)22-15-8-3-2-7-14(15)16(20)21-10-13-6-4-5-12(9-17)18-13/h2-8H,9-10H2,1H3. The van der Waals surface area contributed by atoms with Gasteiger partial charge in [-0.3, -0.25) is 9.78 Å². The zero-order valence-corrected chi connectivity index (χ0v) is 12.7. The van der Waals surface area contributed by atoms with Crippen LogP contribution >= 0.6 is 11.6 Å². The first kappa shape index (κ1) is 16.0. The number of esters is 2. The van der Waals surface area contributed by atoms with E-state index in [0.717, 1.165) is 0 Å². The van der Waals surface area contributed by atoms with Crippen LogP contribution in [0.3, 0.4) is 0 Å². The number of alkyl halides is 1. The van der Waals surface area contributed by atoms with Crippen LogP contribution in [0.5, 0.6) is 5.75 Å². The monoisotopic (exact) mass is 319 g/mol. The van der Waals surface area contributed by atoms with E-state index in [-0.39, 0.29) is 23.8 Å². The first-order valence-electron chi connectivity index (χ1n) is 6.55. The predicted molar refractivity (Wildman–Crippen MR) is 80.7 cm³/mol. The number of ether oxygens (including phenoxy) is 2. The molecule has 0 saturated carbocycles. The number of nitrogens with zero attached hydrogens (tertiary/aromatic N) is 1. The molecular formula is C16H14ClNO4. The molecule has 2 aromatic rings. The number of para-hydroxylation sites is 1. The van der Waals surface area contributed by atoms with Gasteiger partial charge in [0.2, 0.25) is 0 Å². The molecule has 0 saturated heterocycles. The summed E-state index contributed by atoms with van der Waals surface area (Å²) in [5.74, 6) is -0.633. The summed E-state index contributed by atoms with van der Waals surface area (Å²) < 4.78 is 10.2. The highest BCUT2D eigenvalue weighted by Gasteiger charge is 2.15. The molecule has 0 N–H and O–H groups in total. The fourth-order valence-corrected chi connectivity index (χ4v) is 1.93. The van der Waals surface area contributed by atoms with Gasteiger partial charge in [0.05, 0.1) is 17.3 Å². The van der Waals surface area contributed by atoms with Crippen molar-refractivity contribution in [3.05, 3.63) is 59.4 Å². The van der Waals surface area contributed by atoms with Gasteiger partial charge in [0.25, 0.3) is 0 Å². The molecule has 1 aromatic carbocycles. The van der Waals surface area contributed by atoms with Crippen LogP contribution in [0, 0.1) is 0 Å². The van der Waals surface area contributed by atoms with Gasteiger partial charge < -0.3 is 9.47 Å². The van der Waals surface area contributed by atoms with Crippen LogP contribution in [0.2, 0.25) is 0 Å². The summed E-state index contributed by atoms with van der Waals surface area (Å²) in [4.78, 5) is 27.4. The second-order valence-corrected chi connectivity index (χ2v) is 4.69. The Labute approximate surface area is 132 Å². The van der Waals surface area contributed by atoms with Gasteiger partial charge in [-0.15, -0.1) is 11.6 Å². The highest BCUT2D eigenvalue weighted by Crippen LogP contribution is 2.19. The Morgan fingerprint density at radius 1 is 1.09 bits per heavy atom. The molecule has 0 aliphatic rings. The highest BCUT2D eigenvalue weighted by molar-refractivity contribution is 6.16. The Morgan fingerprint density at radius 2 is 1.82 bits per heavy atom. The van der Waals surface area contributed by atoms with Crippen LogP contribution in [-0.4, -0.2) is 16.9 Å². The van der Waals surface area contributed by atoms with E-state index in [1.54, 1.807) is 30.3 Å². The van der Waals surface area contributed by atoms with Crippen LogP contribution in [0.1, 0.15) is 28.7 Å². The molecular weight excluding hydrogens is 306 g/mol. The number of rotatable bonds is 5. The minimum atomic E-state index is -0.588. The number of carbonyl (C=O) groups excluding carboxylic acids is 2. The maximum atomic E-state index is 12.1. The van der Waals surface area contributed by atoms with Crippen LogP contribution in [0.25, 0.3) is 0 Å². The minimum absolute atomic E-state index is 0.0119. The summed E-state index contributed by atoms with van der Waals surface area (Å²) in [7, 11) is 0. The summed E-state index contributed by atoms with van der Waals surface area (Å²) in [5, 5.41) is 0. The van der Waals surface area contributed by atoms with Crippen molar-refractivity contribution in [1.29, 1.82) is 0 Å². The lowest BCUT2D eigenvalue weighted by atomic mass is 10.2. The summed E-state index contributed by atoms with van der Waals surface area (Å²) in [6, 6.07) is 11.7. The van der Waals surface area contributed by atoms with Crippen molar-refractivity contribution < 1.29 is 19.1 Å². The lowest BCUT2D eigenvalue weighted by molar-refractivity contribution is -0.131. The molecule has 1 heterocycles. The fourth-order valence-electron chi connectivity index (χ4n) is 1.78. The van der Waals surface area contributed by atoms with E-state index in [9.17, 15) is 9.59 Å². The molecule has 0 aliphatic carbocycles. The maximum absolute atomic E-state index is 12.1. The zero-order valence-electron chi connectivity index (χ0n) is 11.9. The molecule has 1 aromatic heterocycles. The van der Waals surface area contributed by atoms with E-state index < -0.39 is 11.9 Å². The van der Waals surface area contributed by atoms with E-state index >= 15 is 0 Å². The van der Waals surface area contributed by atoms with E-state index in [1.807, 2.05) is 0 Å². The van der Waals surface area contributed by atoms with Gasteiger partial charge in [0, 0.05) is 6.92 Å². The largest absolute Gasteiger partial charge is 0.455 e. The molecule has 5 nitrogen and oxygen atoms in total. The Balaban J connectivity index is 2.07. The summed E-state index contributed by atoms with van der Waals surface area (Å²) in [6.07, 6.45) is 0. The third-order valence-electron chi connectivity index (χ3n) is 2.71. The van der Waals surface area contributed by atoms with Gasteiger partial charge in [-0.25, -0.2) is 4.79 Å². The smallest absolute Gasteiger partial charge is 0.342 e. The Kier molecular flexibility index (Phi) is 5.49. The van der Waals surface area contributed by atoms with Crippen LogP contribution in [0.15, 0.2) is 42.5 Å². The first-order valence-corrected chi connectivity index (χ1v) is 7.09. The van der Waals surface area contributed by atoms with Gasteiger partial charge in [-0.1, -0.05) is 18.2 Å². The molecule has 0 fully saturated rings. The third kappa shape index (κ3) is 4.30. The second-order valence-electron chi connectivity index (χ2n) is 4.42. The van der Waals surface area contributed by atoms with Gasteiger partial charge in [0.15, 0.2) is 0 Å². The second kappa shape index (κ2) is 7.56. The molecule has 6 heteroatoms. The average molecular weight is 320 g/mol. The molecule has 0 atom stereocenters.